The third-order valence-corrected chi connectivity index (χ3v) is 5.46. The van der Waals surface area contributed by atoms with E-state index in [4.69, 9.17) is 20.2 Å². The van der Waals surface area contributed by atoms with Crippen molar-refractivity contribution in [2.24, 2.45) is 7.05 Å². The molecule has 3 N–H and O–H groups in total. The molecule has 0 spiro atoms. The summed E-state index contributed by atoms with van der Waals surface area (Å²) < 4.78 is 12.6. The number of imidazole rings is 1. The number of fused-ring (bicyclic) bond motifs is 2. The molecule has 0 aliphatic carbocycles. The molecule has 0 saturated carbocycles. The molecule has 0 amide bonds. The van der Waals surface area contributed by atoms with Crippen LogP contribution in [0.5, 0.6) is 11.5 Å². The number of nitrogens with zero attached hydrogens (tertiary/aromatic N) is 6. The van der Waals surface area contributed by atoms with Crippen molar-refractivity contribution in [3.8, 4) is 11.5 Å². The average molecular weight is 406 g/mol. The van der Waals surface area contributed by atoms with Gasteiger partial charge in [0, 0.05) is 42.7 Å². The summed E-state index contributed by atoms with van der Waals surface area (Å²) in [4.78, 5) is 19.3. The van der Waals surface area contributed by atoms with Crippen LogP contribution in [-0.4, -0.2) is 50.5 Å². The van der Waals surface area contributed by atoms with Crippen LogP contribution in [0.3, 0.4) is 0 Å². The minimum Gasteiger partial charge on any atom is -0.493 e. The van der Waals surface area contributed by atoms with E-state index < -0.39 is 0 Å². The van der Waals surface area contributed by atoms with Crippen molar-refractivity contribution in [3.63, 3.8) is 0 Å². The van der Waals surface area contributed by atoms with Gasteiger partial charge in [-0.3, -0.25) is 4.68 Å². The Kier molecular flexibility index (Phi) is 4.19. The Morgan fingerprint density at radius 1 is 1.17 bits per heavy atom. The van der Waals surface area contributed by atoms with Gasteiger partial charge in [-0.2, -0.15) is 10.1 Å². The van der Waals surface area contributed by atoms with Crippen LogP contribution in [0.4, 0.5) is 11.8 Å². The highest BCUT2D eigenvalue weighted by molar-refractivity contribution is 5.91. The number of anilines is 2. The molecular formula is C20H22N8O2. The Bertz CT molecular complexity index is 1230. The summed E-state index contributed by atoms with van der Waals surface area (Å²) in [5, 5.41) is 5.04. The summed E-state index contributed by atoms with van der Waals surface area (Å²) >= 11 is 0. The Hall–Kier alpha value is -3.82. The number of aromatic nitrogens is 6. The highest BCUT2D eigenvalue weighted by atomic mass is 16.5. The highest BCUT2D eigenvalue weighted by Crippen LogP contribution is 2.36. The minimum absolute atomic E-state index is 0.0552. The quantitative estimate of drug-likeness (QED) is 0.527. The summed E-state index contributed by atoms with van der Waals surface area (Å²) in [5.74, 6) is 2.19. The number of aromatic amines is 1. The molecule has 30 heavy (non-hydrogen) atoms. The molecule has 10 heteroatoms. The van der Waals surface area contributed by atoms with Crippen molar-refractivity contribution in [2.45, 2.75) is 12.5 Å². The van der Waals surface area contributed by atoms with Crippen LogP contribution in [0.2, 0.25) is 0 Å². The van der Waals surface area contributed by atoms with E-state index in [1.54, 1.807) is 31.3 Å². The van der Waals surface area contributed by atoms with Gasteiger partial charge in [0.2, 0.25) is 5.95 Å². The smallest absolute Gasteiger partial charge is 0.228 e. The van der Waals surface area contributed by atoms with E-state index in [9.17, 15) is 0 Å². The molecule has 1 aromatic carbocycles. The van der Waals surface area contributed by atoms with E-state index in [0.29, 0.717) is 41.9 Å². The van der Waals surface area contributed by atoms with Gasteiger partial charge in [0.05, 0.1) is 50.2 Å². The summed E-state index contributed by atoms with van der Waals surface area (Å²) in [7, 11) is 5.09. The van der Waals surface area contributed by atoms with Gasteiger partial charge in [0.15, 0.2) is 11.5 Å². The molecule has 0 radical (unpaired) electrons. The number of hydrogen-bond acceptors (Lipinski definition) is 8. The second-order valence-electron chi connectivity index (χ2n) is 7.28. The number of nitrogen functional groups attached to an aromatic ring is 1. The second-order valence-corrected chi connectivity index (χ2v) is 7.28. The molecular weight excluding hydrogens is 384 g/mol. The van der Waals surface area contributed by atoms with E-state index in [-0.39, 0.29) is 5.92 Å². The van der Waals surface area contributed by atoms with E-state index in [0.717, 1.165) is 22.3 Å². The van der Waals surface area contributed by atoms with Crippen LogP contribution in [0.25, 0.3) is 10.9 Å². The zero-order valence-corrected chi connectivity index (χ0v) is 17.0. The standard InChI is InChI=1S/C20H22N8O2/c1-27-7-11(6-24-27)13-8-28(9-15-18(13)23-10-22-15)20-25-14-5-17(30-3)16(29-2)4-12(14)19(21)26-20/h4-7,10,13H,8-9H2,1-3H3,(H,22,23)(H2,21,25,26). The summed E-state index contributed by atoms with van der Waals surface area (Å²) in [6.07, 6.45) is 5.61. The molecule has 1 unspecified atom stereocenters. The molecule has 3 aromatic heterocycles. The number of hydrogen-bond donors (Lipinski definition) is 2. The zero-order valence-electron chi connectivity index (χ0n) is 17.0. The number of benzene rings is 1. The van der Waals surface area contributed by atoms with Crippen LogP contribution in [0.15, 0.2) is 30.9 Å². The van der Waals surface area contributed by atoms with Crippen molar-refractivity contribution >= 4 is 22.7 Å². The number of methoxy groups -OCH3 is 2. The molecule has 1 atom stereocenters. The maximum atomic E-state index is 6.29. The van der Waals surface area contributed by atoms with Crippen LogP contribution in [0, 0.1) is 0 Å². The lowest BCUT2D eigenvalue weighted by atomic mass is 9.93. The number of aryl methyl sites for hydroxylation is 1. The van der Waals surface area contributed by atoms with E-state index >= 15 is 0 Å². The van der Waals surface area contributed by atoms with Gasteiger partial charge in [-0.15, -0.1) is 0 Å². The Balaban J connectivity index is 1.58. The summed E-state index contributed by atoms with van der Waals surface area (Å²) in [6, 6.07) is 3.62. The van der Waals surface area contributed by atoms with Crippen molar-refractivity contribution in [3.05, 3.63) is 47.8 Å². The Morgan fingerprint density at radius 2 is 1.97 bits per heavy atom. The van der Waals surface area contributed by atoms with Crippen LogP contribution in [0.1, 0.15) is 22.9 Å². The molecule has 10 nitrogen and oxygen atoms in total. The first-order valence-electron chi connectivity index (χ1n) is 9.52. The lowest BCUT2D eigenvalue weighted by Gasteiger charge is -2.31. The van der Waals surface area contributed by atoms with Gasteiger partial charge in [-0.1, -0.05) is 0 Å². The van der Waals surface area contributed by atoms with Gasteiger partial charge in [0.1, 0.15) is 5.82 Å². The lowest BCUT2D eigenvalue weighted by Crippen LogP contribution is -2.35. The highest BCUT2D eigenvalue weighted by Gasteiger charge is 2.31. The largest absolute Gasteiger partial charge is 0.493 e. The third kappa shape index (κ3) is 2.88. The first-order chi connectivity index (χ1) is 14.6. The molecule has 5 rings (SSSR count). The van der Waals surface area contributed by atoms with E-state index in [1.807, 2.05) is 25.5 Å². The van der Waals surface area contributed by atoms with Crippen LogP contribution in [-0.2, 0) is 13.6 Å². The predicted octanol–water partition coefficient (Wildman–Crippen LogP) is 1.84. The maximum Gasteiger partial charge on any atom is 0.228 e. The normalized spacial score (nSPS) is 16.0. The monoisotopic (exact) mass is 406 g/mol. The fraction of sp³-hybridized carbons (Fsp3) is 0.300. The topological polar surface area (TPSA) is 120 Å². The fourth-order valence-electron chi connectivity index (χ4n) is 3.96. The van der Waals surface area contributed by atoms with Crippen LogP contribution >= 0.6 is 0 Å². The van der Waals surface area contributed by atoms with Gasteiger partial charge in [0.25, 0.3) is 0 Å². The summed E-state index contributed by atoms with van der Waals surface area (Å²) in [5.41, 5.74) is 10.1. The SMILES string of the molecule is COc1cc2nc(N3Cc4[nH]cnc4C(c4cnn(C)c4)C3)nc(N)c2cc1OC. The van der Waals surface area contributed by atoms with Gasteiger partial charge in [-0.25, -0.2) is 9.97 Å². The van der Waals surface area contributed by atoms with Crippen molar-refractivity contribution in [1.29, 1.82) is 0 Å². The fourth-order valence-corrected chi connectivity index (χ4v) is 3.96. The maximum absolute atomic E-state index is 6.29. The molecule has 4 aromatic rings. The molecule has 154 valence electrons. The van der Waals surface area contributed by atoms with Crippen LogP contribution < -0.4 is 20.1 Å². The number of rotatable bonds is 4. The number of ether oxygens (including phenoxy) is 2. The third-order valence-electron chi connectivity index (χ3n) is 5.46. The molecule has 1 aliphatic rings. The lowest BCUT2D eigenvalue weighted by molar-refractivity contribution is 0.356. The molecule has 0 fully saturated rings. The van der Waals surface area contributed by atoms with Crippen molar-refractivity contribution < 1.29 is 9.47 Å². The number of H-pyrrole nitrogens is 1. The van der Waals surface area contributed by atoms with E-state index in [1.165, 1.54) is 0 Å². The molecule has 0 saturated heterocycles. The first kappa shape index (κ1) is 18.2. The summed E-state index contributed by atoms with van der Waals surface area (Å²) in [6.45, 7) is 1.28. The number of nitrogens with two attached hydrogens (primary N) is 1. The zero-order chi connectivity index (χ0) is 20.8. The van der Waals surface area contributed by atoms with Gasteiger partial charge in [-0.05, 0) is 6.07 Å². The predicted molar refractivity (Wildman–Crippen MR) is 112 cm³/mol. The van der Waals surface area contributed by atoms with Crippen molar-refractivity contribution in [2.75, 3.05) is 31.4 Å². The number of nitrogens with one attached hydrogen (secondary N) is 1. The van der Waals surface area contributed by atoms with Crippen molar-refractivity contribution in [1.82, 2.24) is 29.7 Å². The van der Waals surface area contributed by atoms with E-state index in [2.05, 4.69) is 25.0 Å². The molecule has 0 bridgehead atoms. The Morgan fingerprint density at radius 3 is 2.70 bits per heavy atom. The molecule has 1 aliphatic heterocycles. The Labute approximate surface area is 172 Å². The minimum atomic E-state index is 0.0552. The molecule has 4 heterocycles. The first-order valence-corrected chi connectivity index (χ1v) is 9.52. The second kappa shape index (κ2) is 6.90. The van der Waals surface area contributed by atoms with Gasteiger partial charge >= 0.3 is 0 Å². The van der Waals surface area contributed by atoms with Gasteiger partial charge < -0.3 is 25.1 Å². The average Bonchev–Trinajstić information content (AvgIpc) is 3.40.